The van der Waals surface area contributed by atoms with E-state index in [0.717, 1.165) is 11.3 Å². The third-order valence-corrected chi connectivity index (χ3v) is 3.86. The Kier molecular flexibility index (Phi) is 4.46. The fourth-order valence-corrected chi connectivity index (χ4v) is 2.78. The maximum Gasteiger partial charge on any atom is 0.250 e. The van der Waals surface area contributed by atoms with Crippen molar-refractivity contribution < 1.29 is 9.21 Å². The highest BCUT2D eigenvalue weighted by Crippen LogP contribution is 2.21. The third kappa shape index (κ3) is 3.93. The molecule has 1 amide bonds. The smallest absolute Gasteiger partial charge is 0.250 e. The molecule has 5 heteroatoms. The predicted molar refractivity (Wildman–Crippen MR) is 87.7 cm³/mol. The van der Waals surface area contributed by atoms with Gasteiger partial charge in [-0.15, -0.1) is 11.3 Å². The van der Waals surface area contributed by atoms with Gasteiger partial charge in [-0.05, 0) is 23.8 Å². The highest BCUT2D eigenvalue weighted by Gasteiger charge is 2.05. The monoisotopic (exact) mass is 310 g/mol. The molecule has 0 fully saturated rings. The lowest BCUT2D eigenvalue weighted by Gasteiger charge is -1.97. The van der Waals surface area contributed by atoms with Crippen LogP contribution in [-0.2, 0) is 11.2 Å². The molecular formula is C17H14N2O2S. The molecule has 0 aliphatic heterocycles. The summed E-state index contributed by atoms with van der Waals surface area (Å²) in [7, 11) is 0. The van der Waals surface area contributed by atoms with E-state index in [4.69, 9.17) is 4.42 Å². The quantitative estimate of drug-likeness (QED) is 0.725. The first-order chi connectivity index (χ1) is 10.8. The van der Waals surface area contributed by atoms with Crippen LogP contribution in [0.1, 0.15) is 16.2 Å². The summed E-state index contributed by atoms with van der Waals surface area (Å²) >= 11 is 1.48. The van der Waals surface area contributed by atoms with Crippen LogP contribution in [0.15, 0.2) is 65.4 Å². The molecule has 0 atom stereocenters. The maximum absolute atomic E-state index is 11.8. The van der Waals surface area contributed by atoms with Gasteiger partial charge in [0.1, 0.15) is 5.76 Å². The second-order valence-corrected chi connectivity index (χ2v) is 5.75. The summed E-state index contributed by atoms with van der Waals surface area (Å²) in [4.78, 5) is 17.1. The Bertz CT molecular complexity index is 761. The summed E-state index contributed by atoms with van der Waals surface area (Å²) < 4.78 is 5.12. The van der Waals surface area contributed by atoms with E-state index >= 15 is 0 Å². The van der Waals surface area contributed by atoms with Crippen molar-refractivity contribution in [3.63, 3.8) is 0 Å². The molecule has 0 saturated carbocycles. The van der Waals surface area contributed by atoms with Gasteiger partial charge in [0.25, 0.3) is 0 Å². The number of anilines is 1. The van der Waals surface area contributed by atoms with Gasteiger partial charge in [0, 0.05) is 23.6 Å². The largest absolute Gasteiger partial charge is 0.465 e. The number of carbonyl (C=O) groups is 1. The molecule has 0 saturated heterocycles. The number of hydrogen-bond donors (Lipinski definition) is 1. The highest BCUT2D eigenvalue weighted by atomic mass is 32.1. The number of nitrogens with one attached hydrogen (secondary N) is 1. The SMILES string of the molecule is O=C(/C=C\c1ccco1)Nc1ncc(Cc2ccccc2)s1. The van der Waals surface area contributed by atoms with Crippen LogP contribution < -0.4 is 5.32 Å². The molecule has 2 aromatic heterocycles. The minimum atomic E-state index is -0.225. The van der Waals surface area contributed by atoms with Crippen molar-refractivity contribution in [2.45, 2.75) is 6.42 Å². The topological polar surface area (TPSA) is 55.1 Å². The van der Waals surface area contributed by atoms with E-state index in [-0.39, 0.29) is 5.91 Å². The second kappa shape index (κ2) is 6.87. The molecule has 3 rings (SSSR count). The van der Waals surface area contributed by atoms with Gasteiger partial charge < -0.3 is 4.42 Å². The van der Waals surface area contributed by atoms with Gasteiger partial charge in [0.2, 0.25) is 5.91 Å². The molecule has 0 unspecified atom stereocenters. The molecule has 0 radical (unpaired) electrons. The molecule has 1 aromatic carbocycles. The van der Waals surface area contributed by atoms with Crippen molar-refractivity contribution in [1.82, 2.24) is 4.98 Å². The molecule has 2 heterocycles. The predicted octanol–water partition coefficient (Wildman–Crippen LogP) is 3.98. The van der Waals surface area contributed by atoms with Crippen molar-refractivity contribution in [2.75, 3.05) is 5.32 Å². The Morgan fingerprint density at radius 3 is 2.86 bits per heavy atom. The molecule has 3 aromatic rings. The summed E-state index contributed by atoms with van der Waals surface area (Å²) in [5.74, 6) is 0.413. The van der Waals surface area contributed by atoms with Gasteiger partial charge in [0.15, 0.2) is 5.13 Å². The molecule has 0 aliphatic rings. The summed E-state index contributed by atoms with van der Waals surface area (Å²) in [5, 5.41) is 3.35. The summed E-state index contributed by atoms with van der Waals surface area (Å²) in [5.41, 5.74) is 1.22. The average Bonchev–Trinajstić information content (AvgIpc) is 3.18. The standard InChI is InChI=1S/C17H14N2O2S/c20-16(9-8-14-7-4-10-21-14)19-17-18-12-15(22-17)11-13-5-2-1-3-6-13/h1-10,12H,11H2,(H,18,19,20)/b9-8-. The second-order valence-electron chi connectivity index (χ2n) is 4.63. The molecule has 0 bridgehead atoms. The van der Waals surface area contributed by atoms with Crippen molar-refractivity contribution in [1.29, 1.82) is 0 Å². The number of benzene rings is 1. The van der Waals surface area contributed by atoms with Gasteiger partial charge in [-0.1, -0.05) is 30.3 Å². The Morgan fingerprint density at radius 1 is 1.23 bits per heavy atom. The number of hydrogen-bond acceptors (Lipinski definition) is 4. The summed E-state index contributed by atoms with van der Waals surface area (Å²) in [6.45, 7) is 0. The first-order valence-electron chi connectivity index (χ1n) is 6.81. The van der Waals surface area contributed by atoms with Crippen LogP contribution in [0.5, 0.6) is 0 Å². The zero-order valence-corrected chi connectivity index (χ0v) is 12.5. The van der Waals surface area contributed by atoms with Crippen LogP contribution in [-0.4, -0.2) is 10.9 Å². The first-order valence-corrected chi connectivity index (χ1v) is 7.62. The Hall–Kier alpha value is -2.66. The Morgan fingerprint density at radius 2 is 2.09 bits per heavy atom. The minimum Gasteiger partial charge on any atom is -0.465 e. The number of rotatable bonds is 5. The number of carbonyl (C=O) groups excluding carboxylic acids is 1. The van der Waals surface area contributed by atoms with Crippen LogP contribution in [0.3, 0.4) is 0 Å². The van der Waals surface area contributed by atoms with E-state index < -0.39 is 0 Å². The Balaban J connectivity index is 1.58. The van der Waals surface area contributed by atoms with Crippen LogP contribution in [0.25, 0.3) is 6.08 Å². The van der Waals surface area contributed by atoms with Gasteiger partial charge in [-0.3, -0.25) is 10.1 Å². The lowest BCUT2D eigenvalue weighted by atomic mass is 10.1. The van der Waals surface area contributed by atoms with Crippen LogP contribution >= 0.6 is 11.3 Å². The van der Waals surface area contributed by atoms with E-state index in [1.165, 1.54) is 23.0 Å². The zero-order valence-electron chi connectivity index (χ0n) is 11.7. The molecule has 22 heavy (non-hydrogen) atoms. The van der Waals surface area contributed by atoms with Crippen LogP contribution in [0.4, 0.5) is 5.13 Å². The minimum absolute atomic E-state index is 0.225. The summed E-state index contributed by atoms with van der Waals surface area (Å²) in [6, 6.07) is 13.7. The zero-order chi connectivity index (χ0) is 15.2. The number of nitrogens with zero attached hydrogens (tertiary/aromatic N) is 1. The third-order valence-electron chi connectivity index (χ3n) is 2.95. The number of aromatic nitrogens is 1. The molecule has 1 N–H and O–H groups in total. The number of thiazole rings is 1. The van der Waals surface area contributed by atoms with Gasteiger partial charge in [-0.25, -0.2) is 4.98 Å². The summed E-state index contributed by atoms with van der Waals surface area (Å²) in [6.07, 6.45) is 7.22. The van der Waals surface area contributed by atoms with E-state index in [0.29, 0.717) is 10.9 Å². The van der Waals surface area contributed by atoms with E-state index in [2.05, 4.69) is 22.4 Å². The molecular weight excluding hydrogens is 296 g/mol. The molecule has 4 nitrogen and oxygen atoms in total. The molecule has 0 spiro atoms. The lowest BCUT2D eigenvalue weighted by molar-refractivity contribution is -0.111. The van der Waals surface area contributed by atoms with Gasteiger partial charge >= 0.3 is 0 Å². The van der Waals surface area contributed by atoms with Gasteiger partial charge in [-0.2, -0.15) is 0 Å². The van der Waals surface area contributed by atoms with E-state index in [1.54, 1.807) is 30.7 Å². The van der Waals surface area contributed by atoms with Crippen molar-refractivity contribution in [3.05, 3.63) is 77.2 Å². The normalized spacial score (nSPS) is 10.9. The fourth-order valence-electron chi connectivity index (χ4n) is 1.94. The van der Waals surface area contributed by atoms with Crippen molar-refractivity contribution in [3.8, 4) is 0 Å². The number of amides is 1. The first kappa shape index (κ1) is 14.3. The molecule has 110 valence electrons. The Labute approximate surface area is 132 Å². The van der Waals surface area contributed by atoms with E-state index in [1.807, 2.05) is 18.2 Å². The van der Waals surface area contributed by atoms with Crippen molar-refractivity contribution >= 4 is 28.5 Å². The van der Waals surface area contributed by atoms with Crippen LogP contribution in [0.2, 0.25) is 0 Å². The molecule has 0 aliphatic carbocycles. The van der Waals surface area contributed by atoms with Gasteiger partial charge in [0.05, 0.1) is 6.26 Å². The average molecular weight is 310 g/mol. The fraction of sp³-hybridized carbons (Fsp3) is 0.0588. The lowest BCUT2D eigenvalue weighted by Crippen LogP contribution is -2.06. The maximum atomic E-state index is 11.8. The highest BCUT2D eigenvalue weighted by molar-refractivity contribution is 7.15. The number of furan rings is 1. The van der Waals surface area contributed by atoms with Crippen molar-refractivity contribution in [2.24, 2.45) is 0 Å². The van der Waals surface area contributed by atoms with Crippen LogP contribution in [0, 0.1) is 0 Å². The van der Waals surface area contributed by atoms with E-state index in [9.17, 15) is 4.79 Å².